The number of aryl methyl sites for hydroxylation is 2. The average molecular weight is 452 g/mol. The van der Waals surface area contributed by atoms with E-state index in [4.69, 9.17) is 9.47 Å². The fourth-order valence-electron chi connectivity index (χ4n) is 3.98. The van der Waals surface area contributed by atoms with Gasteiger partial charge >= 0.3 is 0 Å². The van der Waals surface area contributed by atoms with Crippen LogP contribution in [0.25, 0.3) is 5.76 Å². The Morgan fingerprint density at radius 1 is 1.12 bits per heavy atom. The lowest BCUT2D eigenvalue weighted by Crippen LogP contribution is -2.32. The van der Waals surface area contributed by atoms with Gasteiger partial charge in [-0.1, -0.05) is 45.0 Å². The summed E-state index contributed by atoms with van der Waals surface area (Å²) in [5.41, 5.74) is 3.29. The molecule has 0 unspecified atom stereocenters. The van der Waals surface area contributed by atoms with Gasteiger partial charge in [0.2, 0.25) is 0 Å². The molecule has 2 aromatic carbocycles. The zero-order valence-electron chi connectivity index (χ0n) is 20.1. The molecule has 1 fully saturated rings. The first-order valence-corrected chi connectivity index (χ1v) is 11.4. The van der Waals surface area contributed by atoms with E-state index in [2.05, 4.69) is 20.8 Å². The summed E-state index contributed by atoms with van der Waals surface area (Å²) in [7, 11) is 1.55. The quantitative estimate of drug-likeness (QED) is 0.341. The number of ketones is 1. The van der Waals surface area contributed by atoms with Crippen molar-refractivity contribution in [2.45, 2.75) is 40.2 Å². The Morgan fingerprint density at radius 3 is 2.39 bits per heavy atom. The molecule has 1 N–H and O–H groups in total. The topological polar surface area (TPSA) is 76.1 Å². The van der Waals surface area contributed by atoms with E-state index in [1.807, 2.05) is 37.3 Å². The van der Waals surface area contributed by atoms with E-state index in [-0.39, 0.29) is 24.5 Å². The minimum atomic E-state index is -0.687. The van der Waals surface area contributed by atoms with Crippen molar-refractivity contribution in [1.82, 2.24) is 4.90 Å². The molecule has 6 nitrogen and oxygen atoms in total. The summed E-state index contributed by atoms with van der Waals surface area (Å²) in [5.74, 6) is -0.406. The van der Waals surface area contributed by atoms with Crippen molar-refractivity contribution in [3.8, 4) is 5.75 Å². The van der Waals surface area contributed by atoms with Crippen molar-refractivity contribution in [3.63, 3.8) is 0 Å². The molecule has 2 aromatic rings. The van der Waals surface area contributed by atoms with Crippen molar-refractivity contribution in [2.75, 3.05) is 26.9 Å². The second kappa shape index (κ2) is 10.7. The molecule has 33 heavy (non-hydrogen) atoms. The van der Waals surface area contributed by atoms with Gasteiger partial charge in [0.05, 0.1) is 24.8 Å². The number of amides is 1. The molecule has 0 spiro atoms. The fraction of sp³-hybridized carbons (Fsp3) is 0.407. The normalized spacial score (nSPS) is 17.8. The zero-order valence-corrected chi connectivity index (χ0v) is 20.1. The van der Waals surface area contributed by atoms with Crippen molar-refractivity contribution < 1.29 is 24.2 Å². The fourth-order valence-corrected chi connectivity index (χ4v) is 3.98. The molecule has 1 atom stereocenters. The van der Waals surface area contributed by atoms with Gasteiger partial charge in [0.1, 0.15) is 11.5 Å². The van der Waals surface area contributed by atoms with Gasteiger partial charge < -0.3 is 19.5 Å². The van der Waals surface area contributed by atoms with Crippen molar-refractivity contribution in [1.29, 1.82) is 0 Å². The molecule has 0 radical (unpaired) electrons. The van der Waals surface area contributed by atoms with Crippen LogP contribution >= 0.6 is 0 Å². The lowest BCUT2D eigenvalue weighted by Gasteiger charge is -2.25. The first-order chi connectivity index (χ1) is 15.8. The number of carbonyl (C=O) groups excluding carboxylic acids is 2. The SMILES string of the molecule is CCc1ccc([C@@H]2/C(=C(\O)c3ccc(OCC(C)C)cc3C)C(=O)C(=O)N2CCOC)cc1. The van der Waals surface area contributed by atoms with Gasteiger partial charge in [-0.15, -0.1) is 0 Å². The Labute approximate surface area is 195 Å². The summed E-state index contributed by atoms with van der Waals surface area (Å²) in [6.07, 6.45) is 0.883. The molecule has 1 saturated heterocycles. The maximum absolute atomic E-state index is 13.1. The van der Waals surface area contributed by atoms with E-state index < -0.39 is 17.7 Å². The Kier molecular flexibility index (Phi) is 7.92. The highest BCUT2D eigenvalue weighted by molar-refractivity contribution is 6.46. The number of rotatable bonds is 9. The highest BCUT2D eigenvalue weighted by Gasteiger charge is 2.46. The second-order valence-electron chi connectivity index (χ2n) is 8.76. The van der Waals surface area contributed by atoms with E-state index >= 15 is 0 Å². The number of hydrogen-bond donors (Lipinski definition) is 1. The van der Waals surface area contributed by atoms with Crippen LogP contribution in [0.2, 0.25) is 0 Å². The number of aliphatic hydroxyl groups excluding tert-OH is 1. The molecule has 3 rings (SSSR count). The van der Waals surface area contributed by atoms with Crippen LogP contribution in [0, 0.1) is 12.8 Å². The summed E-state index contributed by atoms with van der Waals surface area (Å²) in [6, 6.07) is 12.5. The van der Waals surface area contributed by atoms with Gasteiger partial charge in [0.15, 0.2) is 0 Å². The Balaban J connectivity index is 2.07. The third kappa shape index (κ3) is 5.28. The first kappa shape index (κ1) is 24.5. The molecule has 1 aliphatic rings. The average Bonchev–Trinajstić information content (AvgIpc) is 3.05. The number of carbonyl (C=O) groups is 2. The molecule has 1 amide bonds. The summed E-state index contributed by atoms with van der Waals surface area (Å²) in [6.45, 7) is 9.19. The number of nitrogens with zero attached hydrogens (tertiary/aromatic N) is 1. The van der Waals surface area contributed by atoms with Crippen LogP contribution in [0.3, 0.4) is 0 Å². The largest absolute Gasteiger partial charge is 0.507 e. The van der Waals surface area contributed by atoms with Crippen LogP contribution in [0.4, 0.5) is 0 Å². The number of likely N-dealkylation sites (tertiary alicyclic amines) is 1. The maximum Gasteiger partial charge on any atom is 0.295 e. The molecule has 0 aliphatic carbocycles. The zero-order chi connectivity index (χ0) is 24.1. The van der Waals surface area contributed by atoms with Crippen LogP contribution in [0.5, 0.6) is 5.75 Å². The highest BCUT2D eigenvalue weighted by Crippen LogP contribution is 2.40. The molecule has 0 bridgehead atoms. The molecular weight excluding hydrogens is 418 g/mol. The van der Waals surface area contributed by atoms with Crippen LogP contribution in [-0.2, 0) is 20.7 Å². The van der Waals surface area contributed by atoms with E-state index in [0.717, 1.165) is 23.1 Å². The van der Waals surface area contributed by atoms with Gasteiger partial charge in [-0.25, -0.2) is 0 Å². The van der Waals surface area contributed by atoms with Gasteiger partial charge in [-0.3, -0.25) is 9.59 Å². The molecule has 0 saturated carbocycles. The minimum absolute atomic E-state index is 0.0966. The number of methoxy groups -OCH3 is 1. The minimum Gasteiger partial charge on any atom is -0.507 e. The molecule has 0 aromatic heterocycles. The van der Waals surface area contributed by atoms with Crippen LogP contribution in [0.15, 0.2) is 48.0 Å². The Bertz CT molecular complexity index is 1040. The van der Waals surface area contributed by atoms with Gasteiger partial charge in [-0.05, 0) is 54.2 Å². The molecule has 1 heterocycles. The standard InChI is InChI=1S/C27H33NO5/c1-6-19-7-9-20(10-8-19)24-23(26(30)27(31)28(24)13-14-32-5)25(29)22-12-11-21(15-18(22)4)33-16-17(2)3/h7-12,15,17,24,29H,6,13-14,16H2,1-5H3/b25-23+/t24-/m1/s1. The van der Waals surface area contributed by atoms with Crippen LogP contribution in [0.1, 0.15) is 49.1 Å². The number of hydrogen-bond acceptors (Lipinski definition) is 5. The highest BCUT2D eigenvalue weighted by atomic mass is 16.5. The van der Waals surface area contributed by atoms with Crippen molar-refractivity contribution >= 4 is 17.4 Å². The number of benzene rings is 2. The monoisotopic (exact) mass is 451 g/mol. The predicted octanol–water partition coefficient (Wildman–Crippen LogP) is 4.66. The number of ether oxygens (including phenoxy) is 2. The molecule has 176 valence electrons. The molecule has 1 aliphatic heterocycles. The summed E-state index contributed by atoms with van der Waals surface area (Å²) < 4.78 is 10.9. The lowest BCUT2D eigenvalue weighted by molar-refractivity contribution is -0.140. The van der Waals surface area contributed by atoms with E-state index in [9.17, 15) is 14.7 Å². The van der Waals surface area contributed by atoms with Gasteiger partial charge in [-0.2, -0.15) is 0 Å². The lowest BCUT2D eigenvalue weighted by atomic mass is 9.93. The Hall–Kier alpha value is -3.12. The summed E-state index contributed by atoms with van der Waals surface area (Å²) in [5, 5.41) is 11.3. The maximum atomic E-state index is 13.1. The second-order valence-corrected chi connectivity index (χ2v) is 8.76. The van der Waals surface area contributed by atoms with Gasteiger partial charge in [0, 0.05) is 19.2 Å². The van der Waals surface area contributed by atoms with E-state index in [1.165, 1.54) is 4.90 Å². The smallest absolute Gasteiger partial charge is 0.295 e. The van der Waals surface area contributed by atoms with Crippen LogP contribution < -0.4 is 4.74 Å². The van der Waals surface area contributed by atoms with E-state index in [1.54, 1.807) is 19.2 Å². The third-order valence-corrected chi connectivity index (χ3v) is 5.82. The predicted molar refractivity (Wildman–Crippen MR) is 128 cm³/mol. The van der Waals surface area contributed by atoms with Crippen molar-refractivity contribution in [3.05, 3.63) is 70.3 Å². The number of Topliss-reactive ketones (excluding diaryl/α,β-unsaturated/α-hetero) is 1. The summed E-state index contributed by atoms with van der Waals surface area (Å²) >= 11 is 0. The molecule has 6 heteroatoms. The molecular formula is C27H33NO5. The summed E-state index contributed by atoms with van der Waals surface area (Å²) in [4.78, 5) is 27.5. The third-order valence-electron chi connectivity index (χ3n) is 5.82. The first-order valence-electron chi connectivity index (χ1n) is 11.4. The van der Waals surface area contributed by atoms with Crippen LogP contribution in [-0.4, -0.2) is 48.6 Å². The number of aliphatic hydroxyl groups is 1. The van der Waals surface area contributed by atoms with Crippen molar-refractivity contribution in [2.24, 2.45) is 5.92 Å². The van der Waals surface area contributed by atoms with Gasteiger partial charge in [0.25, 0.3) is 11.7 Å². The van der Waals surface area contributed by atoms with E-state index in [0.29, 0.717) is 23.8 Å². The Morgan fingerprint density at radius 2 is 1.82 bits per heavy atom.